The van der Waals surface area contributed by atoms with Crippen molar-refractivity contribution in [3.05, 3.63) is 47.8 Å². The first-order valence-electron chi connectivity index (χ1n) is 5.62. The van der Waals surface area contributed by atoms with Gasteiger partial charge in [0.2, 0.25) is 0 Å². The van der Waals surface area contributed by atoms with Crippen LogP contribution in [-0.2, 0) is 0 Å². The second kappa shape index (κ2) is 5.21. The summed E-state index contributed by atoms with van der Waals surface area (Å²) >= 11 is 0. The lowest BCUT2D eigenvalue weighted by molar-refractivity contribution is -0.274. The predicted molar refractivity (Wildman–Crippen MR) is 65.8 cm³/mol. The number of nitrogens with zero attached hydrogens (tertiary/aromatic N) is 2. The Labute approximate surface area is 113 Å². The molecule has 0 fully saturated rings. The summed E-state index contributed by atoms with van der Waals surface area (Å²) in [6.45, 7) is 1.77. The third kappa shape index (κ3) is 3.26. The number of aryl methyl sites for hydroxylation is 1. The Balaban J connectivity index is 2.52. The first kappa shape index (κ1) is 13.9. The maximum atomic E-state index is 12.4. The molecule has 0 saturated carbocycles. The van der Waals surface area contributed by atoms with Gasteiger partial charge in [-0.15, -0.1) is 13.2 Å². The van der Waals surface area contributed by atoms with Crippen molar-refractivity contribution in [1.82, 2.24) is 4.98 Å². The molecule has 20 heavy (non-hydrogen) atoms. The van der Waals surface area contributed by atoms with E-state index in [0.29, 0.717) is 5.56 Å². The summed E-state index contributed by atoms with van der Waals surface area (Å²) in [6, 6.07) is 9.01. The molecule has 0 unspecified atom stereocenters. The molecule has 0 atom stereocenters. The van der Waals surface area contributed by atoms with Crippen LogP contribution in [0.1, 0.15) is 11.3 Å². The van der Waals surface area contributed by atoms with Gasteiger partial charge in [0, 0.05) is 23.0 Å². The molecule has 0 N–H and O–H groups in total. The molecule has 2 aromatic rings. The van der Waals surface area contributed by atoms with Crippen LogP contribution in [0, 0.1) is 18.3 Å². The monoisotopic (exact) mass is 278 g/mol. The number of ether oxygens (including phenoxy) is 1. The highest BCUT2D eigenvalue weighted by Crippen LogP contribution is 2.34. The Kier molecular flexibility index (Phi) is 3.61. The third-order valence-electron chi connectivity index (χ3n) is 2.56. The minimum atomic E-state index is -4.82. The standard InChI is InChI=1S/C14H9F3N2O/c1-9-2-4-11(8-19-9)12-5-3-10(7-18)6-13(12)20-14(15,16)17/h2-6,8H,1H3. The summed E-state index contributed by atoms with van der Waals surface area (Å²) in [7, 11) is 0. The summed E-state index contributed by atoms with van der Waals surface area (Å²) in [5.74, 6) is -0.415. The minimum Gasteiger partial charge on any atom is -0.405 e. The van der Waals surface area contributed by atoms with Crippen LogP contribution < -0.4 is 4.74 Å². The number of benzene rings is 1. The molecule has 1 aromatic heterocycles. The van der Waals surface area contributed by atoms with Crippen LogP contribution in [0.3, 0.4) is 0 Å². The van der Waals surface area contributed by atoms with Gasteiger partial charge in [-0.25, -0.2) is 0 Å². The molecule has 102 valence electrons. The number of hydrogen-bond donors (Lipinski definition) is 0. The van der Waals surface area contributed by atoms with Crippen LogP contribution in [-0.4, -0.2) is 11.3 Å². The summed E-state index contributed by atoms with van der Waals surface area (Å²) < 4.78 is 41.2. The number of rotatable bonds is 2. The Hall–Kier alpha value is -2.55. The lowest BCUT2D eigenvalue weighted by atomic mass is 10.0. The maximum Gasteiger partial charge on any atom is 0.573 e. The molecule has 1 heterocycles. The van der Waals surface area contributed by atoms with Crippen LogP contribution >= 0.6 is 0 Å². The molecular weight excluding hydrogens is 269 g/mol. The van der Waals surface area contributed by atoms with E-state index in [1.54, 1.807) is 25.1 Å². The Morgan fingerprint density at radius 1 is 1.20 bits per heavy atom. The van der Waals surface area contributed by atoms with Gasteiger partial charge < -0.3 is 4.74 Å². The molecule has 0 bridgehead atoms. The van der Waals surface area contributed by atoms with Crippen molar-refractivity contribution in [2.24, 2.45) is 0 Å². The van der Waals surface area contributed by atoms with Crippen molar-refractivity contribution < 1.29 is 17.9 Å². The van der Waals surface area contributed by atoms with Crippen molar-refractivity contribution in [2.75, 3.05) is 0 Å². The molecule has 2 rings (SSSR count). The van der Waals surface area contributed by atoms with Crippen LogP contribution in [0.25, 0.3) is 11.1 Å². The van der Waals surface area contributed by atoms with Crippen LogP contribution in [0.2, 0.25) is 0 Å². The smallest absolute Gasteiger partial charge is 0.405 e. The van der Waals surface area contributed by atoms with E-state index in [-0.39, 0.29) is 11.1 Å². The highest BCUT2D eigenvalue weighted by atomic mass is 19.4. The molecular formula is C14H9F3N2O. The molecule has 0 amide bonds. The van der Waals surface area contributed by atoms with Crippen molar-refractivity contribution in [3.8, 4) is 22.9 Å². The van der Waals surface area contributed by atoms with Crippen LogP contribution in [0.15, 0.2) is 36.5 Å². The number of aromatic nitrogens is 1. The SMILES string of the molecule is Cc1ccc(-c2ccc(C#N)cc2OC(F)(F)F)cn1. The lowest BCUT2D eigenvalue weighted by Crippen LogP contribution is -2.17. The van der Waals surface area contributed by atoms with E-state index in [9.17, 15) is 13.2 Å². The number of hydrogen-bond acceptors (Lipinski definition) is 3. The highest BCUT2D eigenvalue weighted by Gasteiger charge is 2.32. The van der Waals surface area contributed by atoms with Crippen LogP contribution in [0.4, 0.5) is 13.2 Å². The largest absolute Gasteiger partial charge is 0.573 e. The average Bonchev–Trinajstić information content (AvgIpc) is 2.38. The fourth-order valence-electron chi connectivity index (χ4n) is 1.67. The first-order valence-corrected chi connectivity index (χ1v) is 5.62. The third-order valence-corrected chi connectivity index (χ3v) is 2.56. The summed E-state index contributed by atoms with van der Waals surface area (Å²) in [5.41, 5.74) is 1.56. The molecule has 0 aliphatic carbocycles. The minimum absolute atomic E-state index is 0.0908. The second-order valence-electron chi connectivity index (χ2n) is 4.06. The van der Waals surface area contributed by atoms with Gasteiger partial charge in [-0.2, -0.15) is 5.26 Å². The van der Waals surface area contributed by atoms with Gasteiger partial charge in [0.1, 0.15) is 5.75 Å². The van der Waals surface area contributed by atoms with E-state index >= 15 is 0 Å². The molecule has 1 aromatic carbocycles. The van der Waals surface area contributed by atoms with Crippen molar-refractivity contribution in [2.45, 2.75) is 13.3 Å². The van der Waals surface area contributed by atoms with Gasteiger partial charge in [0.25, 0.3) is 0 Å². The number of halogens is 3. The normalized spacial score (nSPS) is 10.9. The average molecular weight is 278 g/mol. The molecule has 0 radical (unpaired) electrons. The van der Waals surface area contributed by atoms with Gasteiger partial charge in [0.15, 0.2) is 0 Å². The summed E-state index contributed by atoms with van der Waals surface area (Å²) in [6.07, 6.45) is -3.36. The highest BCUT2D eigenvalue weighted by molar-refractivity contribution is 5.71. The predicted octanol–water partition coefficient (Wildman–Crippen LogP) is 3.83. The van der Waals surface area contributed by atoms with Crippen molar-refractivity contribution in [3.63, 3.8) is 0 Å². The van der Waals surface area contributed by atoms with Crippen molar-refractivity contribution in [1.29, 1.82) is 5.26 Å². The molecule has 6 heteroatoms. The van der Waals surface area contributed by atoms with Crippen LogP contribution in [0.5, 0.6) is 5.75 Å². The zero-order valence-corrected chi connectivity index (χ0v) is 10.4. The fraction of sp³-hybridized carbons (Fsp3) is 0.143. The first-order chi connectivity index (χ1) is 9.39. The van der Waals surface area contributed by atoms with E-state index in [0.717, 1.165) is 11.8 Å². The Morgan fingerprint density at radius 3 is 2.50 bits per heavy atom. The maximum absolute atomic E-state index is 12.4. The molecule has 0 spiro atoms. The number of nitriles is 1. The molecule has 0 aliphatic heterocycles. The van der Waals surface area contributed by atoms with E-state index in [4.69, 9.17) is 5.26 Å². The molecule has 3 nitrogen and oxygen atoms in total. The fourth-order valence-corrected chi connectivity index (χ4v) is 1.67. The van der Waals surface area contributed by atoms with E-state index < -0.39 is 12.1 Å². The second-order valence-corrected chi connectivity index (χ2v) is 4.06. The number of alkyl halides is 3. The quantitative estimate of drug-likeness (QED) is 0.838. The summed E-state index contributed by atoms with van der Waals surface area (Å²) in [5, 5.41) is 8.76. The Bertz CT molecular complexity index is 658. The topological polar surface area (TPSA) is 45.9 Å². The van der Waals surface area contributed by atoms with Gasteiger partial charge in [-0.05, 0) is 31.2 Å². The Morgan fingerprint density at radius 2 is 1.95 bits per heavy atom. The van der Waals surface area contributed by atoms with Gasteiger partial charge in [-0.1, -0.05) is 6.07 Å². The van der Waals surface area contributed by atoms with E-state index in [1.165, 1.54) is 18.3 Å². The summed E-state index contributed by atoms with van der Waals surface area (Å²) in [4.78, 5) is 4.03. The van der Waals surface area contributed by atoms with Crippen molar-refractivity contribution >= 4 is 0 Å². The van der Waals surface area contributed by atoms with Gasteiger partial charge >= 0.3 is 6.36 Å². The van der Waals surface area contributed by atoms with E-state index in [1.807, 2.05) is 0 Å². The van der Waals surface area contributed by atoms with Gasteiger partial charge in [0.05, 0.1) is 11.6 Å². The zero-order chi connectivity index (χ0) is 14.8. The lowest BCUT2D eigenvalue weighted by Gasteiger charge is -2.13. The number of pyridine rings is 1. The zero-order valence-electron chi connectivity index (χ0n) is 10.4. The van der Waals surface area contributed by atoms with Gasteiger partial charge in [-0.3, -0.25) is 4.98 Å². The van der Waals surface area contributed by atoms with E-state index in [2.05, 4.69) is 9.72 Å². The molecule has 0 saturated heterocycles. The molecule has 0 aliphatic rings.